The average Bonchev–Trinajstić information content (AvgIpc) is 3.16. The van der Waals surface area contributed by atoms with E-state index in [2.05, 4.69) is 0 Å². The van der Waals surface area contributed by atoms with E-state index in [1.54, 1.807) is 0 Å². The lowest BCUT2D eigenvalue weighted by molar-refractivity contribution is -0.313. The first-order chi connectivity index (χ1) is 20.5. The van der Waals surface area contributed by atoms with Crippen molar-refractivity contribution >= 4 is 41.8 Å². The maximum atomic E-state index is 12.1. The van der Waals surface area contributed by atoms with E-state index in [0.717, 1.165) is 48.5 Å². The molecule has 1 N–H and O–H groups in total. The summed E-state index contributed by atoms with van der Waals surface area (Å²) in [6.45, 7) is 6.15. The minimum atomic E-state index is -1.81. The second-order valence-electron chi connectivity index (χ2n) is 9.69. The lowest BCUT2D eigenvalue weighted by atomic mass is 9.98. The first-order valence-corrected chi connectivity index (χ1v) is 13.3. The number of aliphatic hydroxyl groups excluding tert-OH is 1. The van der Waals surface area contributed by atoms with E-state index in [1.807, 2.05) is 0 Å². The normalized spacial score (nSPS) is 30.2. The van der Waals surface area contributed by atoms with Crippen LogP contribution in [0.1, 0.15) is 48.5 Å². The summed E-state index contributed by atoms with van der Waals surface area (Å²) >= 11 is 0. The molecule has 0 aromatic carbocycles. The highest BCUT2D eigenvalue weighted by atomic mass is 16.7. The van der Waals surface area contributed by atoms with Crippen molar-refractivity contribution in [3.63, 3.8) is 0 Å². The Hall–Kier alpha value is -3.87. The van der Waals surface area contributed by atoms with Crippen LogP contribution in [-0.4, -0.2) is 122 Å². The smallest absolute Gasteiger partial charge is 0.303 e. The quantitative estimate of drug-likeness (QED) is 0.192. The van der Waals surface area contributed by atoms with Gasteiger partial charge in [0.1, 0.15) is 18.8 Å². The third kappa shape index (κ3) is 10.7. The van der Waals surface area contributed by atoms with Gasteiger partial charge in [0.05, 0.1) is 6.61 Å². The van der Waals surface area contributed by atoms with E-state index < -0.39 is 116 Å². The Morgan fingerprint density at radius 3 is 1.57 bits per heavy atom. The summed E-state index contributed by atoms with van der Waals surface area (Å²) in [6.07, 6.45) is -15.3. The molecule has 18 nitrogen and oxygen atoms in total. The molecule has 10 atom stereocenters. The molecule has 0 saturated carbocycles. The van der Waals surface area contributed by atoms with Crippen LogP contribution in [0.4, 0.5) is 0 Å². The molecule has 0 amide bonds. The molecule has 2 aliphatic heterocycles. The number of ether oxygens (including phenoxy) is 10. The summed E-state index contributed by atoms with van der Waals surface area (Å²) in [5.41, 5.74) is 0. The molecule has 2 rings (SSSR count). The third-order valence-electron chi connectivity index (χ3n) is 5.89. The van der Waals surface area contributed by atoms with Crippen molar-refractivity contribution in [2.45, 2.75) is 110 Å². The van der Waals surface area contributed by atoms with Crippen LogP contribution in [0.2, 0.25) is 0 Å². The van der Waals surface area contributed by atoms with E-state index >= 15 is 0 Å². The molecular formula is C26H36O18. The number of carbonyl (C=O) groups excluding carboxylic acids is 7. The summed E-state index contributed by atoms with van der Waals surface area (Å²) < 4.78 is 53.6. The van der Waals surface area contributed by atoms with Crippen LogP contribution >= 0.6 is 0 Å². The molecule has 0 radical (unpaired) electrons. The van der Waals surface area contributed by atoms with Crippen molar-refractivity contribution in [1.82, 2.24) is 0 Å². The van der Waals surface area contributed by atoms with Crippen molar-refractivity contribution in [1.29, 1.82) is 0 Å². The SMILES string of the molecule is CC(=O)OC[C@H]1O[C@H](OC[C@@H](OC(C)=O)[C@@H]2OC(O)[C@H](OC(C)=O)[C@H]2OC(C)=O)[C@@H](OC(C)=O)[C@@H](OC(C)=O)[C@@H]1OC(C)=O. The van der Waals surface area contributed by atoms with E-state index in [9.17, 15) is 38.7 Å². The fraction of sp³-hybridized carbons (Fsp3) is 0.731. The number of aliphatic hydroxyl groups is 1. The molecule has 18 heteroatoms. The first-order valence-electron chi connectivity index (χ1n) is 13.3. The number of hydrogen-bond donors (Lipinski definition) is 1. The second-order valence-corrected chi connectivity index (χ2v) is 9.69. The van der Waals surface area contributed by atoms with Crippen LogP contribution in [0.3, 0.4) is 0 Å². The Morgan fingerprint density at radius 2 is 1.07 bits per heavy atom. The van der Waals surface area contributed by atoms with Crippen LogP contribution < -0.4 is 0 Å². The predicted molar refractivity (Wildman–Crippen MR) is 135 cm³/mol. The second kappa shape index (κ2) is 16.3. The minimum Gasteiger partial charge on any atom is -0.463 e. The highest BCUT2D eigenvalue weighted by Crippen LogP contribution is 2.32. The van der Waals surface area contributed by atoms with E-state index in [4.69, 9.17) is 47.4 Å². The number of rotatable bonds is 12. The number of hydrogen-bond acceptors (Lipinski definition) is 18. The highest BCUT2D eigenvalue weighted by Gasteiger charge is 2.55. The Labute approximate surface area is 251 Å². The Bertz CT molecular complexity index is 1090. The van der Waals surface area contributed by atoms with Gasteiger partial charge in [-0.15, -0.1) is 0 Å². The molecule has 0 aliphatic carbocycles. The van der Waals surface area contributed by atoms with Crippen molar-refractivity contribution < 1.29 is 86.0 Å². The molecule has 0 aromatic heterocycles. The minimum absolute atomic E-state index is 0.526. The summed E-state index contributed by atoms with van der Waals surface area (Å²) in [7, 11) is 0. The molecule has 248 valence electrons. The van der Waals surface area contributed by atoms with Gasteiger partial charge in [-0.25, -0.2) is 0 Å². The lowest BCUT2D eigenvalue weighted by Crippen LogP contribution is -2.63. The lowest BCUT2D eigenvalue weighted by Gasteiger charge is -2.44. The van der Waals surface area contributed by atoms with E-state index in [0.29, 0.717) is 0 Å². The standard InChI is InChI=1S/C26H36O18/c1-10(27)35-8-18-19(38-12(3)29)22(40-14(5)31)24(42-16(7)33)26(43-18)36-9-17(37-11(2)28)20-21(39-13(4)30)23(25(34)44-20)41-15(6)32/h17-26,34H,8-9H2,1-7H3/t17-,18-,19-,20+,21+,22+,23-,24+,25?,26+/m1/s1. The Balaban J connectivity index is 2.47. The van der Waals surface area contributed by atoms with Gasteiger partial charge in [-0.1, -0.05) is 0 Å². The number of esters is 7. The molecule has 0 bridgehead atoms. The van der Waals surface area contributed by atoms with Crippen LogP contribution in [0.15, 0.2) is 0 Å². The largest absolute Gasteiger partial charge is 0.463 e. The maximum absolute atomic E-state index is 12.1. The summed E-state index contributed by atoms with van der Waals surface area (Å²) in [5.74, 6) is -5.88. The molecule has 1 unspecified atom stereocenters. The molecule has 2 fully saturated rings. The molecule has 0 spiro atoms. The Morgan fingerprint density at radius 1 is 0.591 bits per heavy atom. The van der Waals surface area contributed by atoms with Crippen molar-refractivity contribution in [2.75, 3.05) is 13.2 Å². The molecule has 0 aromatic rings. The number of carbonyl (C=O) groups is 7. The fourth-order valence-corrected chi connectivity index (χ4v) is 4.53. The third-order valence-corrected chi connectivity index (χ3v) is 5.89. The predicted octanol–water partition coefficient (Wildman–Crippen LogP) is -1.40. The van der Waals surface area contributed by atoms with Gasteiger partial charge in [-0.3, -0.25) is 33.6 Å². The maximum Gasteiger partial charge on any atom is 0.303 e. The van der Waals surface area contributed by atoms with Gasteiger partial charge < -0.3 is 52.5 Å². The zero-order valence-electron chi connectivity index (χ0n) is 25.1. The van der Waals surface area contributed by atoms with Gasteiger partial charge in [0.2, 0.25) is 0 Å². The van der Waals surface area contributed by atoms with Gasteiger partial charge in [0, 0.05) is 48.5 Å². The zero-order valence-corrected chi connectivity index (χ0v) is 25.1. The molecular weight excluding hydrogens is 600 g/mol. The van der Waals surface area contributed by atoms with E-state index in [-0.39, 0.29) is 0 Å². The molecule has 2 saturated heterocycles. The fourth-order valence-electron chi connectivity index (χ4n) is 4.53. The van der Waals surface area contributed by atoms with Gasteiger partial charge in [0.15, 0.2) is 49.2 Å². The van der Waals surface area contributed by atoms with Gasteiger partial charge in [-0.2, -0.15) is 0 Å². The molecule has 44 heavy (non-hydrogen) atoms. The van der Waals surface area contributed by atoms with Crippen LogP contribution in [0.5, 0.6) is 0 Å². The summed E-state index contributed by atoms with van der Waals surface area (Å²) in [5, 5.41) is 10.4. The van der Waals surface area contributed by atoms with Crippen LogP contribution in [0, 0.1) is 0 Å². The van der Waals surface area contributed by atoms with Gasteiger partial charge >= 0.3 is 41.8 Å². The molecule has 2 aliphatic rings. The van der Waals surface area contributed by atoms with Gasteiger partial charge in [0.25, 0.3) is 0 Å². The summed E-state index contributed by atoms with van der Waals surface area (Å²) in [6, 6.07) is 0. The highest BCUT2D eigenvalue weighted by molar-refractivity contribution is 5.69. The van der Waals surface area contributed by atoms with Crippen LogP contribution in [-0.2, 0) is 80.9 Å². The monoisotopic (exact) mass is 636 g/mol. The van der Waals surface area contributed by atoms with Crippen molar-refractivity contribution in [3.05, 3.63) is 0 Å². The van der Waals surface area contributed by atoms with Crippen molar-refractivity contribution in [3.8, 4) is 0 Å². The van der Waals surface area contributed by atoms with Crippen molar-refractivity contribution in [2.24, 2.45) is 0 Å². The Kier molecular flexibility index (Phi) is 13.4. The summed E-state index contributed by atoms with van der Waals surface area (Å²) in [4.78, 5) is 83.0. The average molecular weight is 637 g/mol. The van der Waals surface area contributed by atoms with E-state index in [1.165, 1.54) is 0 Å². The van der Waals surface area contributed by atoms with Gasteiger partial charge in [-0.05, 0) is 0 Å². The topological polar surface area (TPSA) is 232 Å². The van der Waals surface area contributed by atoms with Crippen LogP contribution in [0.25, 0.3) is 0 Å². The molecule has 2 heterocycles. The first kappa shape index (κ1) is 36.3. The zero-order chi connectivity index (χ0) is 33.3.